The van der Waals surface area contributed by atoms with Crippen LogP contribution >= 0.6 is 0 Å². The third kappa shape index (κ3) is 5.03. The topological polar surface area (TPSA) is 105 Å². The highest BCUT2D eigenvalue weighted by molar-refractivity contribution is 5.84. The van der Waals surface area contributed by atoms with Gasteiger partial charge in [-0.2, -0.15) is 13.2 Å². The van der Waals surface area contributed by atoms with Crippen molar-refractivity contribution in [1.82, 2.24) is 14.9 Å². The van der Waals surface area contributed by atoms with Gasteiger partial charge in [-0.3, -0.25) is 10.0 Å². The molecule has 0 aliphatic carbocycles. The van der Waals surface area contributed by atoms with E-state index in [1.165, 1.54) is 38.3 Å². The third-order valence-electron chi connectivity index (χ3n) is 6.61. The number of hydrogen-bond acceptors (Lipinski definition) is 7. The molecular weight excluding hydrogens is 507 g/mol. The maximum atomic E-state index is 13.2. The number of nitrogens with zero attached hydrogens (tertiary/aromatic N) is 3. The second kappa shape index (κ2) is 10.4. The van der Waals surface area contributed by atoms with E-state index in [1.54, 1.807) is 24.3 Å². The lowest BCUT2D eigenvalue weighted by atomic mass is 9.78. The summed E-state index contributed by atoms with van der Waals surface area (Å²) in [6, 6.07) is 10.7. The first kappa shape index (κ1) is 27.0. The zero-order valence-corrected chi connectivity index (χ0v) is 20.9. The number of benzene rings is 2. The van der Waals surface area contributed by atoms with E-state index in [0.717, 1.165) is 12.1 Å². The van der Waals surface area contributed by atoms with Crippen molar-refractivity contribution in [3.63, 3.8) is 0 Å². The maximum absolute atomic E-state index is 13.2. The molecule has 2 heterocycles. The number of oxazole rings is 1. The van der Waals surface area contributed by atoms with Gasteiger partial charge in [-0.15, -0.1) is 0 Å². The summed E-state index contributed by atoms with van der Waals surface area (Å²) in [5, 5.41) is 9.97. The van der Waals surface area contributed by atoms with E-state index in [-0.39, 0.29) is 43.3 Å². The molecule has 202 valence electrons. The van der Waals surface area contributed by atoms with Gasteiger partial charge in [-0.25, -0.2) is 14.8 Å². The molecule has 1 saturated heterocycles. The summed E-state index contributed by atoms with van der Waals surface area (Å²) in [6.07, 6.45) is -4.32. The molecule has 0 bridgehead atoms. The van der Waals surface area contributed by atoms with Gasteiger partial charge in [0, 0.05) is 31.3 Å². The number of methoxy groups -OCH3 is 2. The quantitative estimate of drug-likeness (QED) is 0.280. The van der Waals surface area contributed by atoms with Crippen LogP contribution in [0.25, 0.3) is 22.6 Å². The second-order valence-electron chi connectivity index (χ2n) is 8.87. The standard InChI is InChI=1S/C26H26F3N3O6/c1-31(35)24(34)32-14-12-25(13-15-32,23(33)37-3)22-30-20(16-4-8-18(9-5-16)26(27,28)29)21(38-22)17-6-10-19(36-2)11-7-17/h4-11,35H,12-15H2,1-3H3. The van der Waals surface area contributed by atoms with Crippen molar-refractivity contribution in [3.05, 3.63) is 60.0 Å². The summed E-state index contributed by atoms with van der Waals surface area (Å²) in [4.78, 5) is 31.3. The van der Waals surface area contributed by atoms with Crippen LogP contribution in [0, 0.1) is 0 Å². The Hall–Kier alpha value is -4.06. The van der Waals surface area contributed by atoms with Crippen LogP contribution in [0.5, 0.6) is 5.75 Å². The molecule has 1 aliphatic rings. The summed E-state index contributed by atoms with van der Waals surface area (Å²) < 4.78 is 56.0. The molecule has 1 aliphatic heterocycles. The smallest absolute Gasteiger partial charge is 0.416 e. The number of hydroxylamine groups is 2. The molecule has 0 radical (unpaired) electrons. The van der Waals surface area contributed by atoms with Gasteiger partial charge in [0.15, 0.2) is 5.76 Å². The summed E-state index contributed by atoms with van der Waals surface area (Å²) in [7, 11) is 3.95. The maximum Gasteiger partial charge on any atom is 0.416 e. The van der Waals surface area contributed by atoms with Crippen molar-refractivity contribution >= 4 is 12.0 Å². The number of alkyl halides is 3. The van der Waals surface area contributed by atoms with Crippen LogP contribution in [-0.2, 0) is 21.1 Å². The van der Waals surface area contributed by atoms with Crippen LogP contribution in [0.15, 0.2) is 52.9 Å². The third-order valence-corrected chi connectivity index (χ3v) is 6.61. The molecule has 1 aromatic heterocycles. The fourth-order valence-corrected chi connectivity index (χ4v) is 4.46. The Balaban J connectivity index is 1.81. The first-order valence-electron chi connectivity index (χ1n) is 11.6. The molecule has 1 N–H and O–H groups in total. The summed E-state index contributed by atoms with van der Waals surface area (Å²) in [5.41, 5.74) is -1.00. The molecule has 3 aromatic rings. The normalized spacial score (nSPS) is 15.2. The highest BCUT2D eigenvalue weighted by atomic mass is 19.4. The molecule has 0 saturated carbocycles. The van der Waals surface area contributed by atoms with E-state index in [2.05, 4.69) is 4.98 Å². The highest BCUT2D eigenvalue weighted by Gasteiger charge is 2.49. The summed E-state index contributed by atoms with van der Waals surface area (Å²) >= 11 is 0. The molecule has 2 amide bonds. The fourth-order valence-electron chi connectivity index (χ4n) is 4.46. The Labute approximate surface area is 216 Å². The largest absolute Gasteiger partial charge is 0.497 e. The minimum absolute atomic E-state index is 0.0227. The monoisotopic (exact) mass is 533 g/mol. The van der Waals surface area contributed by atoms with E-state index in [4.69, 9.17) is 13.9 Å². The number of aromatic nitrogens is 1. The number of ether oxygens (including phenoxy) is 2. The van der Waals surface area contributed by atoms with Crippen molar-refractivity contribution in [2.24, 2.45) is 0 Å². The number of likely N-dealkylation sites (tertiary alicyclic amines) is 1. The molecule has 38 heavy (non-hydrogen) atoms. The van der Waals surface area contributed by atoms with E-state index in [0.29, 0.717) is 21.9 Å². The number of esters is 1. The lowest BCUT2D eigenvalue weighted by molar-refractivity contribution is -0.150. The van der Waals surface area contributed by atoms with Gasteiger partial charge < -0.3 is 18.8 Å². The Morgan fingerprint density at radius 3 is 2.11 bits per heavy atom. The second-order valence-corrected chi connectivity index (χ2v) is 8.87. The molecule has 1 fully saturated rings. The minimum atomic E-state index is -4.50. The number of rotatable bonds is 5. The Morgan fingerprint density at radius 1 is 1.03 bits per heavy atom. The average molecular weight is 534 g/mol. The number of piperidine rings is 1. The van der Waals surface area contributed by atoms with Crippen molar-refractivity contribution in [2.75, 3.05) is 34.4 Å². The predicted octanol–water partition coefficient (Wildman–Crippen LogP) is 4.98. The Morgan fingerprint density at radius 2 is 1.61 bits per heavy atom. The predicted molar refractivity (Wildman–Crippen MR) is 128 cm³/mol. The van der Waals surface area contributed by atoms with Gasteiger partial charge in [0.2, 0.25) is 5.89 Å². The van der Waals surface area contributed by atoms with Crippen LogP contribution in [0.2, 0.25) is 0 Å². The van der Waals surface area contributed by atoms with Crippen LogP contribution in [0.1, 0.15) is 24.3 Å². The molecule has 12 heteroatoms. The number of carbonyl (C=O) groups excluding carboxylic acids is 2. The van der Waals surface area contributed by atoms with Crippen molar-refractivity contribution in [2.45, 2.75) is 24.4 Å². The first-order valence-corrected chi connectivity index (χ1v) is 11.6. The van der Waals surface area contributed by atoms with Crippen LogP contribution < -0.4 is 4.74 Å². The van der Waals surface area contributed by atoms with Crippen LogP contribution in [0.4, 0.5) is 18.0 Å². The Bertz CT molecular complexity index is 1300. The van der Waals surface area contributed by atoms with E-state index in [1.807, 2.05) is 0 Å². The van der Waals surface area contributed by atoms with E-state index in [9.17, 15) is 28.0 Å². The van der Waals surface area contributed by atoms with Gasteiger partial charge in [0.25, 0.3) is 0 Å². The fraction of sp³-hybridized carbons (Fsp3) is 0.346. The molecule has 9 nitrogen and oxygen atoms in total. The summed E-state index contributed by atoms with van der Waals surface area (Å²) in [5.74, 6) is 0.235. The SMILES string of the molecule is COC(=O)C1(c2nc(-c3ccc(C(F)(F)F)cc3)c(-c3ccc(OC)cc3)o2)CCN(C(=O)N(C)O)CC1. The number of halogens is 3. The van der Waals surface area contributed by atoms with Crippen molar-refractivity contribution < 1.29 is 41.9 Å². The van der Waals surface area contributed by atoms with Gasteiger partial charge in [-0.05, 0) is 49.2 Å². The zero-order valence-electron chi connectivity index (χ0n) is 20.9. The Kier molecular flexibility index (Phi) is 7.36. The number of urea groups is 1. The van der Waals surface area contributed by atoms with Crippen molar-refractivity contribution in [1.29, 1.82) is 0 Å². The molecule has 0 unspecified atom stereocenters. The van der Waals surface area contributed by atoms with Crippen LogP contribution in [0.3, 0.4) is 0 Å². The number of carbonyl (C=O) groups is 2. The van der Waals surface area contributed by atoms with Gasteiger partial charge in [0.1, 0.15) is 16.9 Å². The van der Waals surface area contributed by atoms with Gasteiger partial charge in [-0.1, -0.05) is 12.1 Å². The summed E-state index contributed by atoms with van der Waals surface area (Å²) in [6.45, 7) is 0.212. The molecule has 4 rings (SSSR count). The highest BCUT2D eigenvalue weighted by Crippen LogP contribution is 2.42. The minimum Gasteiger partial charge on any atom is -0.497 e. The zero-order chi connectivity index (χ0) is 27.7. The molecule has 0 atom stereocenters. The van der Waals surface area contributed by atoms with E-state index >= 15 is 0 Å². The average Bonchev–Trinajstić information content (AvgIpc) is 3.38. The molecule has 2 aromatic carbocycles. The molecule has 0 spiro atoms. The lowest BCUT2D eigenvalue weighted by Crippen LogP contribution is -2.51. The first-order chi connectivity index (χ1) is 18.0. The number of hydrogen-bond donors (Lipinski definition) is 1. The van der Waals surface area contributed by atoms with Crippen molar-refractivity contribution in [3.8, 4) is 28.3 Å². The van der Waals surface area contributed by atoms with E-state index < -0.39 is 29.2 Å². The van der Waals surface area contributed by atoms with Gasteiger partial charge in [0.05, 0.1) is 19.8 Å². The molecular formula is C26H26F3N3O6. The van der Waals surface area contributed by atoms with Gasteiger partial charge >= 0.3 is 18.2 Å². The lowest BCUT2D eigenvalue weighted by Gasteiger charge is -2.38. The van der Waals surface area contributed by atoms with Crippen LogP contribution in [-0.4, -0.2) is 66.5 Å². The number of amides is 2.